The van der Waals surface area contributed by atoms with Gasteiger partial charge in [-0.3, -0.25) is 19.8 Å². The number of ether oxygens (including phenoxy) is 1. The van der Waals surface area contributed by atoms with Crippen LogP contribution in [0.1, 0.15) is 12.5 Å². The molecule has 5 nitrogen and oxygen atoms in total. The Morgan fingerprint density at radius 3 is 2.83 bits per heavy atom. The van der Waals surface area contributed by atoms with Gasteiger partial charge in [-0.25, -0.2) is 0 Å². The Hall–Kier alpha value is -1.99. The lowest BCUT2D eigenvalue weighted by Crippen LogP contribution is -2.53. The summed E-state index contributed by atoms with van der Waals surface area (Å²) >= 11 is 8.39. The first-order valence-corrected chi connectivity index (χ1v) is 8.10. The van der Waals surface area contributed by atoms with Gasteiger partial charge in [-0.1, -0.05) is 22.0 Å². The van der Waals surface area contributed by atoms with Crippen molar-refractivity contribution in [3.63, 3.8) is 0 Å². The molecule has 120 valence electrons. The topological polar surface area (TPSA) is 58.6 Å². The van der Waals surface area contributed by atoms with E-state index in [4.69, 9.17) is 17.0 Å². The van der Waals surface area contributed by atoms with E-state index in [1.165, 1.54) is 11.0 Å². The first-order valence-electron chi connectivity index (χ1n) is 6.90. The van der Waals surface area contributed by atoms with Gasteiger partial charge in [0.25, 0.3) is 11.8 Å². The third-order valence-electron chi connectivity index (χ3n) is 3.07. The molecule has 7 heteroatoms. The lowest BCUT2D eigenvalue weighted by atomic mass is 10.1. The summed E-state index contributed by atoms with van der Waals surface area (Å²) in [5.41, 5.74) is 0.630. The van der Waals surface area contributed by atoms with Gasteiger partial charge in [0.1, 0.15) is 11.3 Å². The van der Waals surface area contributed by atoms with Gasteiger partial charge in [0.05, 0.1) is 6.61 Å². The monoisotopic (exact) mass is 394 g/mol. The quantitative estimate of drug-likeness (QED) is 0.361. The molecular formula is C16H15BrN2O3S. The minimum absolute atomic E-state index is 0.000460. The van der Waals surface area contributed by atoms with Crippen LogP contribution >= 0.6 is 28.1 Å². The van der Waals surface area contributed by atoms with Crippen molar-refractivity contribution in [1.82, 2.24) is 10.2 Å². The third kappa shape index (κ3) is 3.86. The number of carbonyl (C=O) groups excluding carboxylic acids is 2. The lowest BCUT2D eigenvalue weighted by Gasteiger charge is -2.27. The molecule has 0 bridgehead atoms. The summed E-state index contributed by atoms with van der Waals surface area (Å²) in [6.45, 7) is 6.16. The van der Waals surface area contributed by atoms with Crippen LogP contribution in [0.2, 0.25) is 0 Å². The minimum atomic E-state index is -0.525. The largest absolute Gasteiger partial charge is 0.493 e. The van der Waals surface area contributed by atoms with E-state index < -0.39 is 11.8 Å². The van der Waals surface area contributed by atoms with E-state index in [-0.39, 0.29) is 17.2 Å². The average molecular weight is 395 g/mol. The van der Waals surface area contributed by atoms with Crippen LogP contribution < -0.4 is 10.1 Å². The molecular weight excluding hydrogens is 380 g/mol. The van der Waals surface area contributed by atoms with Gasteiger partial charge in [-0.2, -0.15) is 0 Å². The Kier molecular flexibility index (Phi) is 5.68. The number of halogens is 1. The summed E-state index contributed by atoms with van der Waals surface area (Å²) in [5.74, 6) is -0.393. The zero-order valence-electron chi connectivity index (χ0n) is 12.5. The van der Waals surface area contributed by atoms with Crippen LogP contribution in [0.15, 0.2) is 40.9 Å². The van der Waals surface area contributed by atoms with Gasteiger partial charge in [-0.15, -0.1) is 6.58 Å². The lowest BCUT2D eigenvalue weighted by molar-refractivity contribution is -0.128. The molecule has 0 aromatic heterocycles. The number of rotatable bonds is 5. The van der Waals surface area contributed by atoms with Crippen molar-refractivity contribution >= 4 is 51.2 Å². The molecule has 0 saturated carbocycles. The maximum absolute atomic E-state index is 12.5. The van der Waals surface area contributed by atoms with E-state index in [9.17, 15) is 9.59 Å². The maximum atomic E-state index is 12.5. The van der Waals surface area contributed by atoms with Crippen LogP contribution in [0.25, 0.3) is 6.08 Å². The van der Waals surface area contributed by atoms with Crippen molar-refractivity contribution in [3.8, 4) is 5.75 Å². The molecule has 1 saturated heterocycles. The Bertz CT molecular complexity index is 715. The maximum Gasteiger partial charge on any atom is 0.265 e. The molecule has 0 radical (unpaired) electrons. The minimum Gasteiger partial charge on any atom is -0.493 e. The van der Waals surface area contributed by atoms with Crippen LogP contribution in [0, 0.1) is 0 Å². The van der Waals surface area contributed by atoms with Gasteiger partial charge in [0, 0.05) is 16.6 Å². The molecule has 1 heterocycles. The van der Waals surface area contributed by atoms with Gasteiger partial charge < -0.3 is 4.74 Å². The average Bonchev–Trinajstić information content (AvgIpc) is 2.50. The summed E-state index contributed by atoms with van der Waals surface area (Å²) in [6, 6.07) is 5.38. The van der Waals surface area contributed by atoms with E-state index in [2.05, 4.69) is 27.8 Å². The Balaban J connectivity index is 2.46. The second-order valence-electron chi connectivity index (χ2n) is 4.64. The van der Waals surface area contributed by atoms with Crippen molar-refractivity contribution in [3.05, 3.63) is 46.5 Å². The highest BCUT2D eigenvalue weighted by atomic mass is 79.9. The SMILES string of the molecule is C=CCN1C(=O)/C(=C\c2cc(Br)ccc2OCC)C(=O)NC1=S. The Morgan fingerprint density at radius 2 is 2.17 bits per heavy atom. The molecule has 1 N–H and O–H groups in total. The van der Waals surface area contributed by atoms with Crippen LogP contribution in [0.3, 0.4) is 0 Å². The van der Waals surface area contributed by atoms with Crippen molar-refractivity contribution in [2.24, 2.45) is 0 Å². The van der Waals surface area contributed by atoms with Crippen LogP contribution in [-0.4, -0.2) is 35.0 Å². The summed E-state index contributed by atoms with van der Waals surface area (Å²) in [6.07, 6.45) is 3.05. The van der Waals surface area contributed by atoms with Gasteiger partial charge in [0.2, 0.25) is 0 Å². The normalized spacial score (nSPS) is 16.5. The molecule has 0 atom stereocenters. The number of nitrogens with one attached hydrogen (secondary N) is 1. The van der Waals surface area contributed by atoms with Crippen LogP contribution in [0.4, 0.5) is 0 Å². The summed E-state index contributed by atoms with van der Waals surface area (Å²) in [5, 5.41) is 2.59. The van der Waals surface area contributed by atoms with Crippen LogP contribution in [-0.2, 0) is 9.59 Å². The van der Waals surface area contributed by atoms with Crippen molar-refractivity contribution in [2.45, 2.75) is 6.92 Å². The summed E-state index contributed by atoms with van der Waals surface area (Å²) in [4.78, 5) is 25.9. The highest BCUT2D eigenvalue weighted by Crippen LogP contribution is 2.26. The number of benzene rings is 1. The number of thiocarbonyl (C=S) groups is 1. The Morgan fingerprint density at radius 1 is 1.43 bits per heavy atom. The van der Waals surface area contributed by atoms with Crippen molar-refractivity contribution < 1.29 is 14.3 Å². The molecule has 1 aromatic carbocycles. The second kappa shape index (κ2) is 7.52. The van der Waals surface area contributed by atoms with E-state index in [1.54, 1.807) is 18.2 Å². The van der Waals surface area contributed by atoms with E-state index in [0.717, 1.165) is 4.47 Å². The number of hydrogen-bond donors (Lipinski definition) is 1. The fourth-order valence-electron chi connectivity index (χ4n) is 2.06. The Labute approximate surface area is 148 Å². The highest BCUT2D eigenvalue weighted by Gasteiger charge is 2.32. The standard InChI is InChI=1S/C16H15BrN2O3S/c1-3-7-19-15(21)12(14(20)18-16(19)23)9-10-8-11(17)5-6-13(10)22-4-2/h3,5-6,8-9H,1,4,7H2,2H3,(H,18,20,23)/b12-9-. The number of nitrogens with zero attached hydrogens (tertiary/aromatic N) is 1. The van der Waals surface area contributed by atoms with E-state index in [1.807, 2.05) is 13.0 Å². The number of hydrogen-bond acceptors (Lipinski definition) is 4. The predicted octanol–water partition coefficient (Wildman–Crippen LogP) is 2.66. The molecule has 2 rings (SSSR count). The molecule has 1 fully saturated rings. The fraction of sp³-hybridized carbons (Fsp3) is 0.188. The molecule has 0 aliphatic carbocycles. The molecule has 23 heavy (non-hydrogen) atoms. The van der Waals surface area contributed by atoms with Crippen LogP contribution in [0.5, 0.6) is 5.75 Å². The van der Waals surface area contributed by atoms with Crippen molar-refractivity contribution in [2.75, 3.05) is 13.2 Å². The second-order valence-corrected chi connectivity index (χ2v) is 5.94. The van der Waals surface area contributed by atoms with E-state index >= 15 is 0 Å². The molecule has 1 aromatic rings. The van der Waals surface area contributed by atoms with Gasteiger partial charge in [0.15, 0.2) is 5.11 Å². The van der Waals surface area contributed by atoms with Gasteiger partial charge in [-0.05, 0) is 43.4 Å². The first-order chi connectivity index (χ1) is 11.0. The summed E-state index contributed by atoms with van der Waals surface area (Å²) in [7, 11) is 0. The van der Waals surface area contributed by atoms with Gasteiger partial charge >= 0.3 is 0 Å². The molecule has 0 spiro atoms. The zero-order valence-corrected chi connectivity index (χ0v) is 14.9. The first kappa shape index (κ1) is 17.4. The van der Waals surface area contributed by atoms with Crippen molar-refractivity contribution in [1.29, 1.82) is 0 Å². The summed E-state index contributed by atoms with van der Waals surface area (Å²) < 4.78 is 6.35. The highest BCUT2D eigenvalue weighted by molar-refractivity contribution is 9.10. The molecule has 0 unspecified atom stereocenters. The smallest absolute Gasteiger partial charge is 0.265 e. The van der Waals surface area contributed by atoms with E-state index in [0.29, 0.717) is 17.9 Å². The third-order valence-corrected chi connectivity index (χ3v) is 3.88. The number of carbonyl (C=O) groups is 2. The predicted molar refractivity (Wildman–Crippen MR) is 95.9 cm³/mol. The fourth-order valence-corrected chi connectivity index (χ4v) is 2.69. The molecule has 1 aliphatic heterocycles. The molecule has 2 amide bonds. The zero-order chi connectivity index (χ0) is 17.0. The molecule has 1 aliphatic rings. The number of amides is 2.